The van der Waals surface area contributed by atoms with Crippen LogP contribution in [0.1, 0.15) is 5.56 Å². The summed E-state index contributed by atoms with van der Waals surface area (Å²) in [6, 6.07) is 4.02. The van der Waals surface area contributed by atoms with Crippen LogP contribution in [-0.2, 0) is 25.6 Å². The van der Waals surface area contributed by atoms with Crippen LogP contribution in [0.4, 0.5) is 0 Å². The van der Waals surface area contributed by atoms with E-state index in [-0.39, 0.29) is 12.2 Å². The number of hydrogen-bond donors (Lipinski definition) is 8. The van der Waals surface area contributed by atoms with E-state index in [1.807, 2.05) is 24.3 Å². The lowest BCUT2D eigenvalue weighted by Crippen LogP contribution is -2.55. The average molecular weight is 452 g/mol. The topological polar surface area (TPSA) is 187 Å². The number of para-hydroxylation sites is 1. The van der Waals surface area contributed by atoms with E-state index in [4.69, 9.17) is 10.8 Å². The molecule has 168 valence electrons. The number of carbonyl (C=O) groups excluding carboxylic acids is 3. The van der Waals surface area contributed by atoms with Gasteiger partial charge in [0.1, 0.15) is 12.1 Å². The Morgan fingerprint density at radius 1 is 1.10 bits per heavy atom. The minimum Gasteiger partial charge on any atom is -0.480 e. The van der Waals surface area contributed by atoms with Crippen LogP contribution < -0.4 is 21.7 Å². The number of H-pyrrole nitrogens is 1. The first-order valence-corrected chi connectivity index (χ1v) is 10.0. The number of nitrogens with two attached hydrogens (primary N) is 1. The van der Waals surface area contributed by atoms with Gasteiger partial charge in [-0.05, 0) is 18.1 Å². The average Bonchev–Trinajstić information content (AvgIpc) is 3.16. The van der Waals surface area contributed by atoms with E-state index in [9.17, 15) is 24.3 Å². The molecule has 11 nitrogen and oxygen atoms in total. The van der Waals surface area contributed by atoms with Gasteiger partial charge in [0.15, 0.2) is 0 Å². The zero-order valence-electron chi connectivity index (χ0n) is 16.5. The highest BCUT2D eigenvalue weighted by molar-refractivity contribution is 7.80. The summed E-state index contributed by atoms with van der Waals surface area (Å²) in [5, 5.41) is 26.0. The Balaban J connectivity index is 1.87. The first-order chi connectivity index (χ1) is 14.8. The first-order valence-electron chi connectivity index (χ1n) is 9.39. The van der Waals surface area contributed by atoms with Crippen LogP contribution in [0, 0.1) is 0 Å². The summed E-state index contributed by atoms with van der Waals surface area (Å²) in [6.07, 6.45) is 1.96. The molecule has 12 heteroatoms. The van der Waals surface area contributed by atoms with E-state index in [1.54, 1.807) is 6.20 Å². The van der Waals surface area contributed by atoms with Gasteiger partial charge in [-0.15, -0.1) is 0 Å². The second kappa shape index (κ2) is 11.3. The van der Waals surface area contributed by atoms with E-state index in [0.717, 1.165) is 16.5 Å². The van der Waals surface area contributed by atoms with Crippen molar-refractivity contribution in [3.8, 4) is 0 Å². The van der Waals surface area contributed by atoms with Crippen LogP contribution in [-0.4, -0.2) is 75.9 Å². The largest absolute Gasteiger partial charge is 0.480 e. The summed E-state index contributed by atoms with van der Waals surface area (Å²) in [4.78, 5) is 50.3. The molecule has 0 spiro atoms. The van der Waals surface area contributed by atoms with Crippen LogP contribution in [0.5, 0.6) is 0 Å². The molecule has 2 aromatic rings. The molecule has 31 heavy (non-hydrogen) atoms. The molecule has 0 aliphatic carbocycles. The SMILES string of the molecule is NC(Cc1c[nH]c2ccccc12)C(=O)NC(CO)C(=O)NCC(=O)NC(CS)C(=O)O. The van der Waals surface area contributed by atoms with Crippen molar-refractivity contribution in [2.45, 2.75) is 24.5 Å². The molecule has 3 unspecified atom stereocenters. The van der Waals surface area contributed by atoms with Crippen LogP contribution in [0.15, 0.2) is 30.5 Å². The van der Waals surface area contributed by atoms with Gasteiger partial charge in [0.05, 0.1) is 19.2 Å². The standard InChI is InChI=1S/C19H25N5O6S/c20-12(5-10-6-21-13-4-2-1-3-11(10)13)17(27)24-14(8-25)18(28)22-7-16(26)23-15(9-31)19(29)30/h1-4,6,12,14-15,21,25,31H,5,7-9,20H2,(H,22,28)(H,23,26)(H,24,27)(H,29,30). The smallest absolute Gasteiger partial charge is 0.327 e. The Bertz CT molecular complexity index is 949. The Kier molecular flexibility index (Phi) is 8.85. The van der Waals surface area contributed by atoms with Gasteiger partial charge in [0, 0.05) is 22.9 Å². The Labute approximate surface area is 183 Å². The number of amides is 3. The van der Waals surface area contributed by atoms with Crippen LogP contribution in [0.25, 0.3) is 10.9 Å². The molecular formula is C19H25N5O6S. The summed E-state index contributed by atoms with van der Waals surface area (Å²) in [7, 11) is 0. The number of thiol groups is 1. The van der Waals surface area contributed by atoms with Gasteiger partial charge < -0.3 is 36.9 Å². The molecule has 1 heterocycles. The zero-order valence-corrected chi connectivity index (χ0v) is 17.4. The monoisotopic (exact) mass is 451 g/mol. The fraction of sp³-hybridized carbons (Fsp3) is 0.368. The third kappa shape index (κ3) is 6.70. The minimum atomic E-state index is -1.32. The number of carboxylic acid groups (broad SMARTS) is 1. The number of aliphatic carboxylic acids is 1. The van der Waals surface area contributed by atoms with Crippen LogP contribution in [0.3, 0.4) is 0 Å². The number of hydrogen-bond acceptors (Lipinski definition) is 7. The number of nitrogens with one attached hydrogen (secondary N) is 4. The summed E-state index contributed by atoms with van der Waals surface area (Å²) < 4.78 is 0. The lowest BCUT2D eigenvalue weighted by molar-refractivity contribution is -0.141. The third-order valence-corrected chi connectivity index (χ3v) is 4.87. The lowest BCUT2D eigenvalue weighted by Gasteiger charge is -2.19. The molecule has 1 aromatic heterocycles. The van der Waals surface area contributed by atoms with Crippen molar-refractivity contribution >= 4 is 47.2 Å². The quantitative estimate of drug-likeness (QED) is 0.184. The van der Waals surface area contributed by atoms with Crippen molar-refractivity contribution in [2.24, 2.45) is 5.73 Å². The van der Waals surface area contributed by atoms with Gasteiger partial charge in [-0.3, -0.25) is 14.4 Å². The van der Waals surface area contributed by atoms with Crippen molar-refractivity contribution in [3.05, 3.63) is 36.0 Å². The highest BCUT2D eigenvalue weighted by atomic mass is 32.1. The van der Waals surface area contributed by atoms with Crippen molar-refractivity contribution in [1.82, 2.24) is 20.9 Å². The zero-order chi connectivity index (χ0) is 23.0. The predicted octanol–water partition coefficient (Wildman–Crippen LogP) is -1.87. The Morgan fingerprint density at radius 3 is 2.45 bits per heavy atom. The molecule has 0 saturated carbocycles. The molecule has 0 aliphatic heterocycles. The minimum absolute atomic E-state index is 0.126. The summed E-state index contributed by atoms with van der Waals surface area (Å²) in [6.45, 7) is -1.25. The van der Waals surface area contributed by atoms with Gasteiger partial charge in [-0.1, -0.05) is 18.2 Å². The van der Waals surface area contributed by atoms with Crippen molar-refractivity contribution in [2.75, 3.05) is 18.9 Å². The fourth-order valence-electron chi connectivity index (χ4n) is 2.82. The number of carbonyl (C=O) groups is 4. The maximum atomic E-state index is 12.4. The van der Waals surface area contributed by atoms with Gasteiger partial charge in [0.25, 0.3) is 0 Å². The number of rotatable bonds is 11. The fourth-order valence-corrected chi connectivity index (χ4v) is 3.07. The molecule has 0 bridgehead atoms. The summed E-state index contributed by atoms with van der Waals surface area (Å²) in [5.74, 6) is -3.61. The van der Waals surface area contributed by atoms with E-state index in [1.165, 1.54) is 0 Å². The molecule has 0 fully saturated rings. The molecule has 8 N–H and O–H groups in total. The maximum absolute atomic E-state index is 12.4. The Morgan fingerprint density at radius 2 is 1.81 bits per heavy atom. The summed E-state index contributed by atoms with van der Waals surface area (Å²) >= 11 is 3.82. The maximum Gasteiger partial charge on any atom is 0.327 e. The molecule has 0 aliphatic rings. The van der Waals surface area contributed by atoms with Gasteiger partial charge in [-0.25, -0.2) is 4.79 Å². The number of benzene rings is 1. The third-order valence-electron chi connectivity index (χ3n) is 4.51. The highest BCUT2D eigenvalue weighted by Gasteiger charge is 2.25. The number of aliphatic hydroxyl groups excluding tert-OH is 1. The summed E-state index contributed by atoms with van der Waals surface area (Å²) in [5.41, 5.74) is 7.69. The molecule has 1 aromatic carbocycles. The van der Waals surface area contributed by atoms with Crippen molar-refractivity contribution < 1.29 is 29.4 Å². The molecule has 3 amide bonds. The molecular weight excluding hydrogens is 426 g/mol. The van der Waals surface area contributed by atoms with Crippen molar-refractivity contribution in [1.29, 1.82) is 0 Å². The highest BCUT2D eigenvalue weighted by Crippen LogP contribution is 2.18. The first kappa shape index (κ1) is 24.2. The molecule has 0 radical (unpaired) electrons. The number of aromatic amines is 1. The second-order valence-electron chi connectivity index (χ2n) is 6.77. The molecule has 2 rings (SSSR count). The van der Waals surface area contributed by atoms with Crippen molar-refractivity contribution in [3.63, 3.8) is 0 Å². The normalized spacial score (nSPS) is 13.8. The Hall–Kier alpha value is -3.09. The number of fused-ring (bicyclic) bond motifs is 1. The van der Waals surface area contributed by atoms with E-state index in [2.05, 4.69) is 33.6 Å². The van der Waals surface area contributed by atoms with Gasteiger partial charge in [-0.2, -0.15) is 12.6 Å². The molecule has 0 saturated heterocycles. The lowest BCUT2D eigenvalue weighted by atomic mass is 10.0. The van der Waals surface area contributed by atoms with E-state index < -0.39 is 55.0 Å². The van der Waals surface area contributed by atoms with Crippen LogP contribution in [0.2, 0.25) is 0 Å². The van der Waals surface area contributed by atoms with E-state index >= 15 is 0 Å². The predicted molar refractivity (Wildman–Crippen MR) is 115 cm³/mol. The number of carboxylic acids is 1. The van der Waals surface area contributed by atoms with Gasteiger partial charge >= 0.3 is 5.97 Å². The van der Waals surface area contributed by atoms with Crippen LogP contribution >= 0.6 is 12.6 Å². The van der Waals surface area contributed by atoms with Gasteiger partial charge in [0.2, 0.25) is 17.7 Å². The second-order valence-corrected chi connectivity index (χ2v) is 7.14. The molecule has 3 atom stereocenters. The van der Waals surface area contributed by atoms with E-state index in [0.29, 0.717) is 0 Å². The number of aliphatic hydroxyl groups is 1. The number of aromatic nitrogens is 1.